The molecule has 3 rings (SSSR count). The highest BCUT2D eigenvalue weighted by molar-refractivity contribution is 8.04. The highest BCUT2D eigenvalue weighted by Crippen LogP contribution is 2.39. The van der Waals surface area contributed by atoms with Gasteiger partial charge in [-0.2, -0.15) is 0 Å². The molecule has 1 aliphatic heterocycles. The lowest BCUT2D eigenvalue weighted by atomic mass is 10.1. The minimum absolute atomic E-state index is 0.217. The zero-order valence-electron chi connectivity index (χ0n) is 15.9. The molecule has 1 aliphatic rings. The number of amides is 2. The summed E-state index contributed by atoms with van der Waals surface area (Å²) in [6, 6.07) is 9.77. The number of ether oxygens (including phenoxy) is 1. The van der Waals surface area contributed by atoms with Gasteiger partial charge in [-0.15, -0.1) is 23.1 Å². The molecule has 0 fully saturated rings. The first-order valence-electron chi connectivity index (χ1n) is 8.89. The Morgan fingerprint density at radius 1 is 1.11 bits per heavy atom. The van der Waals surface area contributed by atoms with Crippen LogP contribution in [0.5, 0.6) is 5.75 Å². The summed E-state index contributed by atoms with van der Waals surface area (Å²) < 4.78 is 5.80. The number of rotatable bonds is 7. The van der Waals surface area contributed by atoms with E-state index >= 15 is 0 Å². The van der Waals surface area contributed by atoms with Crippen LogP contribution in [0.2, 0.25) is 0 Å². The summed E-state index contributed by atoms with van der Waals surface area (Å²) in [7, 11) is 0. The molecule has 0 atom stereocenters. The Balaban J connectivity index is 1.74. The van der Waals surface area contributed by atoms with Gasteiger partial charge in [0.25, 0.3) is 11.8 Å². The van der Waals surface area contributed by atoms with Crippen LogP contribution in [0.3, 0.4) is 0 Å². The summed E-state index contributed by atoms with van der Waals surface area (Å²) in [4.78, 5) is 28.5. The average Bonchev–Trinajstić information content (AvgIpc) is 3.16. The van der Waals surface area contributed by atoms with Crippen molar-refractivity contribution in [2.24, 2.45) is 0 Å². The molecule has 0 saturated heterocycles. The fourth-order valence-corrected chi connectivity index (χ4v) is 4.84. The van der Waals surface area contributed by atoms with Crippen LogP contribution < -0.4 is 4.74 Å². The third kappa shape index (κ3) is 4.45. The Labute approximate surface area is 168 Å². The first-order valence-corrected chi connectivity index (χ1v) is 10.6. The van der Waals surface area contributed by atoms with Gasteiger partial charge in [0.2, 0.25) is 0 Å². The van der Waals surface area contributed by atoms with E-state index < -0.39 is 0 Å². The Morgan fingerprint density at radius 2 is 1.81 bits per heavy atom. The standard InChI is InChI=1S/C21H23NO3S2/c1-13(2)27-19-18(17-6-5-9-26-17)20(23)22(21(19)24)7-8-25-16-11-14(3)10-15(4)12-16/h5-6,9-13H,7-8H2,1-4H3. The van der Waals surface area contributed by atoms with Crippen molar-refractivity contribution in [3.63, 3.8) is 0 Å². The van der Waals surface area contributed by atoms with Crippen molar-refractivity contribution in [3.05, 3.63) is 56.6 Å². The summed E-state index contributed by atoms with van der Waals surface area (Å²) in [5.74, 6) is 0.315. The number of nitrogens with zero attached hydrogens (tertiary/aromatic N) is 1. The van der Waals surface area contributed by atoms with Crippen LogP contribution in [-0.2, 0) is 9.59 Å². The Bertz CT molecular complexity index is 865. The van der Waals surface area contributed by atoms with Crippen molar-refractivity contribution in [2.45, 2.75) is 32.9 Å². The lowest BCUT2D eigenvalue weighted by Crippen LogP contribution is -2.35. The van der Waals surface area contributed by atoms with Gasteiger partial charge in [0, 0.05) is 10.1 Å². The average molecular weight is 402 g/mol. The molecule has 0 bridgehead atoms. The summed E-state index contributed by atoms with van der Waals surface area (Å²) >= 11 is 2.93. The summed E-state index contributed by atoms with van der Waals surface area (Å²) in [5, 5.41) is 2.14. The molecule has 0 aliphatic carbocycles. The van der Waals surface area contributed by atoms with Crippen molar-refractivity contribution in [2.75, 3.05) is 13.2 Å². The van der Waals surface area contributed by atoms with E-state index in [1.807, 2.05) is 57.3 Å². The number of thioether (sulfide) groups is 1. The van der Waals surface area contributed by atoms with Crippen LogP contribution in [0.1, 0.15) is 29.9 Å². The van der Waals surface area contributed by atoms with Crippen LogP contribution >= 0.6 is 23.1 Å². The summed E-state index contributed by atoms with van der Waals surface area (Å²) in [6.07, 6.45) is 0. The molecular weight excluding hydrogens is 378 g/mol. The second-order valence-electron chi connectivity index (χ2n) is 6.78. The van der Waals surface area contributed by atoms with E-state index in [0.717, 1.165) is 21.8 Å². The van der Waals surface area contributed by atoms with Crippen LogP contribution in [0, 0.1) is 13.8 Å². The predicted octanol–water partition coefficient (Wildman–Crippen LogP) is 4.67. The molecule has 0 radical (unpaired) electrons. The van der Waals surface area contributed by atoms with Gasteiger partial charge in [0.15, 0.2) is 0 Å². The summed E-state index contributed by atoms with van der Waals surface area (Å²) in [5.41, 5.74) is 2.77. The largest absolute Gasteiger partial charge is 0.492 e. The van der Waals surface area contributed by atoms with Crippen molar-refractivity contribution < 1.29 is 14.3 Å². The molecule has 142 valence electrons. The van der Waals surface area contributed by atoms with Crippen LogP contribution in [0.25, 0.3) is 5.57 Å². The molecule has 1 aromatic carbocycles. The smallest absolute Gasteiger partial charge is 0.268 e. The quantitative estimate of drug-likeness (QED) is 0.633. The Hall–Kier alpha value is -2.05. The predicted molar refractivity (Wildman–Crippen MR) is 112 cm³/mol. The molecule has 4 nitrogen and oxygen atoms in total. The van der Waals surface area contributed by atoms with Crippen molar-refractivity contribution in [1.29, 1.82) is 0 Å². The first-order chi connectivity index (χ1) is 12.9. The number of thiophene rings is 1. The van der Waals surface area contributed by atoms with E-state index in [1.54, 1.807) is 0 Å². The molecular formula is C21H23NO3S2. The SMILES string of the molecule is Cc1cc(C)cc(OCCN2C(=O)C(SC(C)C)=C(c3cccs3)C2=O)c1. The fourth-order valence-electron chi connectivity index (χ4n) is 3.01. The highest BCUT2D eigenvalue weighted by Gasteiger charge is 2.39. The van der Waals surface area contributed by atoms with Gasteiger partial charge in [0.05, 0.1) is 17.0 Å². The van der Waals surface area contributed by atoms with E-state index in [0.29, 0.717) is 10.5 Å². The molecule has 0 unspecified atom stereocenters. The van der Waals surface area contributed by atoms with E-state index in [1.165, 1.54) is 28.0 Å². The van der Waals surface area contributed by atoms with Gasteiger partial charge in [-0.25, -0.2) is 0 Å². The van der Waals surface area contributed by atoms with Crippen LogP contribution in [-0.4, -0.2) is 35.1 Å². The normalized spacial score (nSPS) is 14.6. The zero-order chi connectivity index (χ0) is 19.6. The lowest BCUT2D eigenvalue weighted by Gasteiger charge is -2.16. The Kier molecular flexibility index (Phi) is 6.07. The third-order valence-corrected chi connectivity index (χ3v) is 6.00. The molecule has 1 aromatic heterocycles. The number of benzene rings is 1. The number of imide groups is 1. The van der Waals surface area contributed by atoms with Gasteiger partial charge in [-0.05, 0) is 48.6 Å². The van der Waals surface area contributed by atoms with E-state index in [9.17, 15) is 9.59 Å². The lowest BCUT2D eigenvalue weighted by molar-refractivity contribution is -0.136. The topological polar surface area (TPSA) is 46.6 Å². The van der Waals surface area contributed by atoms with Gasteiger partial charge in [-0.1, -0.05) is 26.0 Å². The molecule has 0 spiro atoms. The monoisotopic (exact) mass is 401 g/mol. The minimum atomic E-state index is -0.227. The highest BCUT2D eigenvalue weighted by atomic mass is 32.2. The van der Waals surface area contributed by atoms with Gasteiger partial charge < -0.3 is 4.74 Å². The maximum atomic E-state index is 12.9. The number of hydrogen-bond donors (Lipinski definition) is 0. The third-order valence-electron chi connectivity index (χ3n) is 4.03. The van der Waals surface area contributed by atoms with Gasteiger partial charge >= 0.3 is 0 Å². The minimum Gasteiger partial charge on any atom is -0.492 e. The molecule has 0 N–H and O–H groups in total. The number of hydrogen-bond acceptors (Lipinski definition) is 5. The maximum absolute atomic E-state index is 12.9. The van der Waals surface area contributed by atoms with E-state index in [2.05, 4.69) is 6.07 Å². The number of carbonyl (C=O) groups excluding carboxylic acids is 2. The van der Waals surface area contributed by atoms with Crippen LogP contribution in [0.4, 0.5) is 0 Å². The zero-order valence-corrected chi connectivity index (χ0v) is 17.6. The van der Waals surface area contributed by atoms with Gasteiger partial charge in [-0.3, -0.25) is 14.5 Å². The second kappa shape index (κ2) is 8.31. The fraction of sp³-hybridized carbons (Fsp3) is 0.333. The molecule has 6 heteroatoms. The summed E-state index contributed by atoms with van der Waals surface area (Å²) in [6.45, 7) is 8.58. The molecule has 27 heavy (non-hydrogen) atoms. The molecule has 0 saturated carbocycles. The second-order valence-corrected chi connectivity index (χ2v) is 9.32. The van der Waals surface area contributed by atoms with E-state index in [4.69, 9.17) is 4.74 Å². The maximum Gasteiger partial charge on any atom is 0.268 e. The number of aryl methyl sites for hydroxylation is 2. The van der Waals surface area contributed by atoms with Crippen molar-refractivity contribution in [3.8, 4) is 5.75 Å². The van der Waals surface area contributed by atoms with Gasteiger partial charge in [0.1, 0.15) is 12.4 Å². The first kappa shape index (κ1) is 19.7. The number of carbonyl (C=O) groups is 2. The van der Waals surface area contributed by atoms with Crippen molar-refractivity contribution >= 4 is 40.5 Å². The van der Waals surface area contributed by atoms with E-state index in [-0.39, 0.29) is 30.2 Å². The molecule has 2 amide bonds. The molecule has 2 aromatic rings. The Morgan fingerprint density at radius 3 is 2.41 bits per heavy atom. The van der Waals surface area contributed by atoms with Crippen molar-refractivity contribution in [1.82, 2.24) is 4.90 Å². The molecule has 2 heterocycles. The van der Waals surface area contributed by atoms with Crippen LogP contribution in [0.15, 0.2) is 40.6 Å².